The number of benzene rings is 2. The highest BCUT2D eigenvalue weighted by molar-refractivity contribution is 7.90. The van der Waals surface area contributed by atoms with E-state index in [-0.39, 0.29) is 34.3 Å². The molecule has 3 N–H and O–H groups in total. The zero-order valence-electron chi connectivity index (χ0n) is 22.7. The lowest BCUT2D eigenvalue weighted by atomic mass is 9.93. The maximum atomic E-state index is 13.5. The van der Waals surface area contributed by atoms with E-state index < -0.39 is 22.0 Å². The maximum absolute atomic E-state index is 13.5. The summed E-state index contributed by atoms with van der Waals surface area (Å²) in [6.07, 6.45) is 3.76. The van der Waals surface area contributed by atoms with Gasteiger partial charge in [-0.2, -0.15) is 5.10 Å². The molecule has 2 heterocycles. The number of carbonyl (C=O) groups excluding carboxylic acids is 2. The Hall–Kier alpha value is -3.96. The zero-order valence-corrected chi connectivity index (χ0v) is 23.5. The summed E-state index contributed by atoms with van der Waals surface area (Å²) in [6, 6.07) is 14.7. The first-order chi connectivity index (χ1) is 19.1. The Bertz CT molecular complexity index is 1660. The fraction of sp³-hybridized carbons (Fsp3) is 0.345. The number of aliphatic hydroxyl groups excluding tert-OH is 1. The summed E-state index contributed by atoms with van der Waals surface area (Å²) < 4.78 is 29.7. The van der Waals surface area contributed by atoms with Gasteiger partial charge in [0.2, 0.25) is 0 Å². The SMILES string of the molecule is CNC(=O)c1cc(C(=O)N[C@H]2CC[C@H](O)CC2)n(C(C)c2cccc3c2ccn3S(=O)(=O)c2ccc(C)cc2)n1. The number of aliphatic hydroxyl groups is 1. The van der Waals surface area contributed by atoms with E-state index in [2.05, 4.69) is 15.7 Å². The molecule has 1 atom stereocenters. The van der Waals surface area contributed by atoms with Gasteiger partial charge in [0.25, 0.3) is 21.8 Å². The van der Waals surface area contributed by atoms with Gasteiger partial charge < -0.3 is 15.7 Å². The number of fused-ring (bicyclic) bond motifs is 1. The summed E-state index contributed by atoms with van der Waals surface area (Å²) in [4.78, 5) is 26.0. The maximum Gasteiger partial charge on any atom is 0.271 e. The third kappa shape index (κ3) is 5.14. The van der Waals surface area contributed by atoms with Crippen LogP contribution in [0.1, 0.15) is 70.8 Å². The van der Waals surface area contributed by atoms with Crippen molar-refractivity contribution in [2.24, 2.45) is 0 Å². The van der Waals surface area contributed by atoms with Crippen molar-refractivity contribution in [1.82, 2.24) is 24.4 Å². The fourth-order valence-electron chi connectivity index (χ4n) is 5.27. The molecule has 1 unspecified atom stereocenters. The van der Waals surface area contributed by atoms with Crippen molar-refractivity contribution in [3.63, 3.8) is 0 Å². The number of aryl methyl sites for hydroxylation is 1. The molecule has 1 aliphatic carbocycles. The van der Waals surface area contributed by atoms with Crippen molar-refractivity contribution >= 4 is 32.7 Å². The van der Waals surface area contributed by atoms with E-state index in [1.165, 1.54) is 28.0 Å². The molecule has 5 rings (SSSR count). The average Bonchev–Trinajstić information content (AvgIpc) is 3.59. The minimum absolute atomic E-state index is 0.0811. The van der Waals surface area contributed by atoms with Gasteiger partial charge in [0, 0.05) is 30.7 Å². The molecule has 4 aromatic rings. The number of nitrogens with one attached hydrogen (secondary N) is 2. The van der Waals surface area contributed by atoms with Crippen LogP contribution in [0.5, 0.6) is 0 Å². The van der Waals surface area contributed by atoms with Gasteiger partial charge in [0.1, 0.15) is 5.69 Å². The van der Waals surface area contributed by atoms with E-state index in [1.54, 1.807) is 42.5 Å². The van der Waals surface area contributed by atoms with Crippen LogP contribution in [0, 0.1) is 6.92 Å². The Labute approximate surface area is 233 Å². The van der Waals surface area contributed by atoms with Gasteiger partial charge >= 0.3 is 0 Å². The van der Waals surface area contributed by atoms with Crippen LogP contribution in [0.25, 0.3) is 10.9 Å². The molecular formula is C29H33N5O5S. The molecule has 2 aromatic heterocycles. The number of nitrogens with zero attached hydrogens (tertiary/aromatic N) is 3. The number of carbonyl (C=O) groups is 2. The highest BCUT2D eigenvalue weighted by atomic mass is 32.2. The monoisotopic (exact) mass is 563 g/mol. The summed E-state index contributed by atoms with van der Waals surface area (Å²) >= 11 is 0. The van der Waals surface area contributed by atoms with Crippen LogP contribution in [-0.2, 0) is 10.0 Å². The first-order valence-corrected chi connectivity index (χ1v) is 14.8. The second-order valence-corrected chi connectivity index (χ2v) is 12.1. The van der Waals surface area contributed by atoms with Crippen molar-refractivity contribution in [3.05, 3.63) is 83.3 Å². The van der Waals surface area contributed by atoms with Crippen LogP contribution in [0.2, 0.25) is 0 Å². The number of amides is 2. The van der Waals surface area contributed by atoms with Crippen LogP contribution < -0.4 is 10.6 Å². The van der Waals surface area contributed by atoms with Crippen LogP contribution in [0.15, 0.2) is 65.7 Å². The molecule has 210 valence electrons. The largest absolute Gasteiger partial charge is 0.393 e. The Morgan fingerprint density at radius 3 is 2.40 bits per heavy atom. The molecule has 1 aliphatic rings. The van der Waals surface area contributed by atoms with Crippen molar-refractivity contribution in [3.8, 4) is 0 Å². The summed E-state index contributed by atoms with van der Waals surface area (Å²) in [6.45, 7) is 3.75. The Morgan fingerprint density at radius 2 is 1.73 bits per heavy atom. The van der Waals surface area contributed by atoms with Gasteiger partial charge in [-0.1, -0.05) is 29.8 Å². The third-order valence-corrected chi connectivity index (χ3v) is 9.29. The first kappa shape index (κ1) is 27.6. The topological polar surface area (TPSA) is 135 Å². The van der Waals surface area contributed by atoms with Gasteiger partial charge in [-0.05, 0) is 69.4 Å². The van der Waals surface area contributed by atoms with E-state index in [1.807, 2.05) is 19.9 Å². The normalized spacial score (nSPS) is 18.4. The summed E-state index contributed by atoms with van der Waals surface area (Å²) in [5, 5.41) is 20.6. The van der Waals surface area contributed by atoms with Gasteiger partial charge in [-0.15, -0.1) is 0 Å². The van der Waals surface area contributed by atoms with E-state index in [9.17, 15) is 23.1 Å². The smallest absolute Gasteiger partial charge is 0.271 e. The quantitative estimate of drug-likeness (QED) is 0.316. The van der Waals surface area contributed by atoms with Gasteiger partial charge in [-0.3, -0.25) is 14.3 Å². The molecule has 2 amide bonds. The molecule has 40 heavy (non-hydrogen) atoms. The van der Waals surface area contributed by atoms with Crippen molar-refractivity contribution in [2.75, 3.05) is 7.05 Å². The molecule has 0 bridgehead atoms. The summed E-state index contributed by atoms with van der Waals surface area (Å²) in [5.41, 5.74) is 2.53. The standard InChI is InChI=1S/C29H33N5O5S/c1-18-7-13-22(14-8-18)40(38,39)33-16-15-24-23(5-4-6-26(24)33)19(2)34-27(17-25(32-34)28(36)30-3)29(37)31-20-9-11-21(35)12-10-20/h4-8,13-17,19-21,35H,9-12H2,1-3H3,(H,30,36)(H,31,37)/t19?,20-,21-. The molecule has 1 fully saturated rings. The molecule has 0 spiro atoms. The van der Waals surface area contributed by atoms with E-state index in [0.717, 1.165) is 11.1 Å². The molecule has 2 aromatic carbocycles. The van der Waals surface area contributed by atoms with Crippen LogP contribution in [0.4, 0.5) is 0 Å². The van der Waals surface area contributed by atoms with Crippen LogP contribution >= 0.6 is 0 Å². The number of aromatic nitrogens is 3. The lowest BCUT2D eigenvalue weighted by molar-refractivity contribution is 0.0856. The van der Waals surface area contributed by atoms with Gasteiger partial charge in [0.05, 0.1) is 22.6 Å². The number of hydrogen-bond acceptors (Lipinski definition) is 6. The second-order valence-electron chi connectivity index (χ2n) is 10.3. The van der Waals surface area contributed by atoms with Gasteiger partial charge in [0.15, 0.2) is 5.69 Å². The predicted octanol–water partition coefficient (Wildman–Crippen LogP) is 3.39. The summed E-state index contributed by atoms with van der Waals surface area (Å²) in [7, 11) is -2.34. The van der Waals surface area contributed by atoms with Crippen molar-refractivity contribution in [2.45, 2.75) is 62.6 Å². The Kier molecular flexibility index (Phi) is 7.52. The average molecular weight is 564 g/mol. The molecule has 11 heteroatoms. The van der Waals surface area contributed by atoms with E-state index >= 15 is 0 Å². The minimum Gasteiger partial charge on any atom is -0.393 e. The van der Waals surface area contributed by atoms with E-state index in [0.29, 0.717) is 36.6 Å². The minimum atomic E-state index is -3.84. The van der Waals surface area contributed by atoms with Gasteiger partial charge in [-0.25, -0.2) is 12.4 Å². The Balaban J connectivity index is 1.53. The third-order valence-electron chi connectivity index (χ3n) is 7.59. The molecule has 0 saturated heterocycles. The van der Waals surface area contributed by atoms with Crippen molar-refractivity contribution in [1.29, 1.82) is 0 Å². The first-order valence-electron chi connectivity index (χ1n) is 13.3. The predicted molar refractivity (Wildman–Crippen MR) is 151 cm³/mol. The number of hydrogen-bond donors (Lipinski definition) is 3. The lowest BCUT2D eigenvalue weighted by Gasteiger charge is -2.26. The molecule has 1 saturated carbocycles. The zero-order chi connectivity index (χ0) is 28.6. The number of rotatable bonds is 7. The molecule has 10 nitrogen and oxygen atoms in total. The van der Waals surface area contributed by atoms with Crippen LogP contribution in [-0.4, -0.2) is 58.3 Å². The Morgan fingerprint density at radius 1 is 1.02 bits per heavy atom. The van der Waals surface area contributed by atoms with Crippen molar-refractivity contribution < 1.29 is 23.1 Å². The van der Waals surface area contributed by atoms with E-state index in [4.69, 9.17) is 0 Å². The highest BCUT2D eigenvalue weighted by Crippen LogP contribution is 2.31. The molecule has 0 radical (unpaired) electrons. The highest BCUT2D eigenvalue weighted by Gasteiger charge is 2.28. The second kappa shape index (κ2) is 10.9. The lowest BCUT2D eigenvalue weighted by Crippen LogP contribution is -2.39. The summed E-state index contributed by atoms with van der Waals surface area (Å²) in [5.74, 6) is -0.781. The van der Waals surface area contributed by atoms with Crippen LogP contribution in [0.3, 0.4) is 0 Å². The molecule has 0 aliphatic heterocycles. The fourth-order valence-corrected chi connectivity index (χ4v) is 6.62. The molecular weight excluding hydrogens is 530 g/mol.